The molecule has 0 radical (unpaired) electrons. The summed E-state index contributed by atoms with van der Waals surface area (Å²) in [5, 5.41) is 11.1. The molecule has 3 aromatic rings. The van der Waals surface area contributed by atoms with Gasteiger partial charge in [-0.05, 0) is 43.2 Å². The number of halogens is 1. The number of nitro groups is 1. The number of non-ortho nitro benzene ring substituents is 1. The summed E-state index contributed by atoms with van der Waals surface area (Å²) in [6, 6.07) is 10.6. The molecule has 0 fully saturated rings. The fourth-order valence-corrected chi connectivity index (χ4v) is 4.68. The van der Waals surface area contributed by atoms with Gasteiger partial charge < -0.3 is 4.74 Å². The van der Waals surface area contributed by atoms with Crippen molar-refractivity contribution in [2.75, 3.05) is 6.61 Å². The number of nitrogens with zero attached hydrogens (tertiary/aromatic N) is 3. The normalized spacial score (nSPS) is 15.7. The van der Waals surface area contributed by atoms with Crippen LogP contribution in [0.4, 0.5) is 10.1 Å². The molecule has 10 heteroatoms. The van der Waals surface area contributed by atoms with Gasteiger partial charge in [-0.3, -0.25) is 19.5 Å². The molecule has 0 bridgehead atoms. The molecule has 1 aromatic heterocycles. The second kappa shape index (κ2) is 8.91. The van der Waals surface area contributed by atoms with Gasteiger partial charge >= 0.3 is 5.97 Å². The van der Waals surface area contributed by atoms with Crippen LogP contribution >= 0.6 is 11.3 Å². The molecule has 1 atom stereocenters. The van der Waals surface area contributed by atoms with Crippen molar-refractivity contribution in [3.63, 3.8) is 0 Å². The fourth-order valence-electron chi connectivity index (χ4n) is 3.63. The molecule has 168 valence electrons. The SMILES string of the molecule is CCOC(=O)C1=C(C)N=c2sc(=Cc3cccc([N+](=O)[O-])c3)c(=O)n2C1c1ccc(F)cc1. The van der Waals surface area contributed by atoms with E-state index in [0.717, 1.165) is 11.3 Å². The Morgan fingerprint density at radius 1 is 1.30 bits per heavy atom. The number of benzene rings is 2. The van der Waals surface area contributed by atoms with Crippen LogP contribution in [-0.2, 0) is 9.53 Å². The van der Waals surface area contributed by atoms with Gasteiger partial charge in [-0.1, -0.05) is 35.6 Å². The highest BCUT2D eigenvalue weighted by molar-refractivity contribution is 7.07. The third-order valence-electron chi connectivity index (χ3n) is 5.08. The van der Waals surface area contributed by atoms with Gasteiger partial charge in [0.1, 0.15) is 5.82 Å². The van der Waals surface area contributed by atoms with E-state index in [0.29, 0.717) is 26.2 Å². The van der Waals surface area contributed by atoms with E-state index in [1.807, 2.05) is 0 Å². The maximum absolute atomic E-state index is 13.6. The highest BCUT2D eigenvalue weighted by Crippen LogP contribution is 2.30. The molecule has 0 saturated carbocycles. The standard InChI is InChI=1S/C23H18FN3O5S/c1-3-32-22(29)19-13(2)25-23-26(20(19)15-7-9-16(24)10-8-15)21(28)18(33-23)12-14-5-4-6-17(11-14)27(30)31/h4-12,20H,3H2,1-2H3. The first kappa shape index (κ1) is 22.3. The van der Waals surface area contributed by atoms with Crippen LogP contribution in [-0.4, -0.2) is 22.1 Å². The van der Waals surface area contributed by atoms with Gasteiger partial charge in [-0.15, -0.1) is 0 Å². The second-order valence-electron chi connectivity index (χ2n) is 7.21. The molecule has 0 aliphatic carbocycles. The maximum atomic E-state index is 13.6. The van der Waals surface area contributed by atoms with Crippen LogP contribution in [0.25, 0.3) is 6.08 Å². The van der Waals surface area contributed by atoms with Crippen molar-refractivity contribution >= 4 is 29.1 Å². The van der Waals surface area contributed by atoms with E-state index in [-0.39, 0.29) is 17.9 Å². The van der Waals surface area contributed by atoms with E-state index >= 15 is 0 Å². The lowest BCUT2D eigenvalue weighted by Crippen LogP contribution is -2.39. The molecular formula is C23H18FN3O5S. The van der Waals surface area contributed by atoms with Crippen LogP contribution in [0.2, 0.25) is 0 Å². The van der Waals surface area contributed by atoms with Crippen LogP contribution in [0.1, 0.15) is 31.0 Å². The number of thiazole rings is 1. The van der Waals surface area contributed by atoms with E-state index in [1.54, 1.807) is 26.0 Å². The Hall–Kier alpha value is -3.92. The van der Waals surface area contributed by atoms with E-state index in [2.05, 4.69) is 4.99 Å². The van der Waals surface area contributed by atoms with Crippen LogP contribution < -0.4 is 14.9 Å². The minimum atomic E-state index is -0.854. The van der Waals surface area contributed by atoms with Crippen molar-refractivity contribution in [1.82, 2.24) is 4.57 Å². The molecule has 0 spiro atoms. The maximum Gasteiger partial charge on any atom is 0.338 e. The number of nitro benzene ring substituents is 1. The van der Waals surface area contributed by atoms with Gasteiger partial charge in [0, 0.05) is 12.1 Å². The molecule has 2 heterocycles. The molecule has 0 amide bonds. The van der Waals surface area contributed by atoms with Crippen molar-refractivity contribution < 1.29 is 18.8 Å². The van der Waals surface area contributed by atoms with Crippen molar-refractivity contribution in [2.24, 2.45) is 4.99 Å². The average molecular weight is 467 g/mol. The molecule has 1 aliphatic heterocycles. The lowest BCUT2D eigenvalue weighted by atomic mass is 9.96. The predicted octanol–water partition coefficient (Wildman–Crippen LogP) is 2.85. The summed E-state index contributed by atoms with van der Waals surface area (Å²) < 4.78 is 20.4. The Kier molecular flexibility index (Phi) is 6.01. The molecule has 0 N–H and O–H groups in total. The molecule has 0 saturated heterocycles. The van der Waals surface area contributed by atoms with E-state index in [9.17, 15) is 24.1 Å². The van der Waals surface area contributed by atoms with Gasteiger partial charge in [0.2, 0.25) is 0 Å². The lowest BCUT2D eigenvalue weighted by molar-refractivity contribution is -0.384. The number of rotatable bonds is 5. The zero-order valence-corrected chi connectivity index (χ0v) is 18.5. The van der Waals surface area contributed by atoms with Gasteiger partial charge in [-0.2, -0.15) is 0 Å². The average Bonchev–Trinajstić information content (AvgIpc) is 3.08. The number of esters is 1. The quantitative estimate of drug-likeness (QED) is 0.326. The number of carbonyl (C=O) groups is 1. The summed E-state index contributed by atoms with van der Waals surface area (Å²) in [5.41, 5.74) is 1.07. The molecule has 1 unspecified atom stereocenters. The van der Waals surface area contributed by atoms with E-state index < -0.39 is 28.3 Å². The third kappa shape index (κ3) is 4.24. The Labute approximate surface area is 190 Å². The number of ether oxygens (including phenoxy) is 1. The Balaban J connectivity index is 1.94. The summed E-state index contributed by atoms with van der Waals surface area (Å²) in [6.07, 6.45) is 1.54. The third-order valence-corrected chi connectivity index (χ3v) is 6.06. The fraction of sp³-hybridized carbons (Fsp3) is 0.174. The minimum absolute atomic E-state index is 0.0962. The van der Waals surface area contributed by atoms with Crippen LogP contribution in [0.5, 0.6) is 0 Å². The highest BCUT2D eigenvalue weighted by atomic mass is 32.1. The minimum Gasteiger partial charge on any atom is -0.463 e. The molecule has 8 nitrogen and oxygen atoms in total. The van der Waals surface area contributed by atoms with Crippen LogP contribution in [0, 0.1) is 15.9 Å². The van der Waals surface area contributed by atoms with Crippen molar-refractivity contribution in [2.45, 2.75) is 19.9 Å². The van der Waals surface area contributed by atoms with Crippen LogP contribution in [0.3, 0.4) is 0 Å². The molecule has 4 rings (SSSR count). The van der Waals surface area contributed by atoms with E-state index in [1.165, 1.54) is 47.0 Å². The van der Waals surface area contributed by atoms with E-state index in [4.69, 9.17) is 4.74 Å². The first-order valence-electron chi connectivity index (χ1n) is 9.99. The number of fused-ring (bicyclic) bond motifs is 1. The van der Waals surface area contributed by atoms with Gasteiger partial charge in [0.05, 0.1) is 33.4 Å². The highest BCUT2D eigenvalue weighted by Gasteiger charge is 2.33. The number of hydrogen-bond donors (Lipinski definition) is 0. The zero-order chi connectivity index (χ0) is 23.7. The Morgan fingerprint density at radius 2 is 2.03 bits per heavy atom. The first-order valence-corrected chi connectivity index (χ1v) is 10.8. The first-order chi connectivity index (χ1) is 15.8. The number of allylic oxidation sites excluding steroid dienone is 1. The summed E-state index contributed by atoms with van der Waals surface area (Å²) in [5.74, 6) is -1.06. The molecule has 2 aromatic carbocycles. The van der Waals surface area contributed by atoms with Crippen molar-refractivity contribution in [3.8, 4) is 0 Å². The molecule has 1 aliphatic rings. The van der Waals surface area contributed by atoms with Crippen molar-refractivity contribution in [1.29, 1.82) is 0 Å². The Morgan fingerprint density at radius 3 is 2.70 bits per heavy atom. The summed E-state index contributed by atoms with van der Waals surface area (Å²) in [4.78, 5) is 41.6. The van der Waals surface area contributed by atoms with Gasteiger partial charge in [-0.25, -0.2) is 14.2 Å². The summed E-state index contributed by atoms with van der Waals surface area (Å²) >= 11 is 1.10. The summed E-state index contributed by atoms with van der Waals surface area (Å²) in [7, 11) is 0. The second-order valence-corrected chi connectivity index (χ2v) is 8.22. The Bertz CT molecular complexity index is 1470. The summed E-state index contributed by atoms with van der Waals surface area (Å²) in [6.45, 7) is 3.47. The van der Waals surface area contributed by atoms with Crippen LogP contribution in [0.15, 0.2) is 69.6 Å². The topological polar surface area (TPSA) is 104 Å². The monoisotopic (exact) mass is 467 g/mol. The zero-order valence-electron chi connectivity index (χ0n) is 17.6. The number of hydrogen-bond acceptors (Lipinski definition) is 7. The largest absolute Gasteiger partial charge is 0.463 e. The number of aromatic nitrogens is 1. The molecular weight excluding hydrogens is 449 g/mol. The van der Waals surface area contributed by atoms with Gasteiger partial charge in [0.15, 0.2) is 4.80 Å². The van der Waals surface area contributed by atoms with Crippen molar-refractivity contribution in [3.05, 3.63) is 107 Å². The van der Waals surface area contributed by atoms with Gasteiger partial charge in [0.25, 0.3) is 11.2 Å². The lowest BCUT2D eigenvalue weighted by Gasteiger charge is -2.24. The number of carbonyl (C=O) groups excluding carboxylic acids is 1. The smallest absolute Gasteiger partial charge is 0.338 e. The predicted molar refractivity (Wildman–Crippen MR) is 120 cm³/mol. The molecule has 33 heavy (non-hydrogen) atoms.